The number of hydrogen-bond acceptors (Lipinski definition) is 5. The summed E-state index contributed by atoms with van der Waals surface area (Å²) in [5, 5.41) is 16.6. The molecule has 1 amide bonds. The minimum absolute atomic E-state index is 0.0537. The fraction of sp³-hybridized carbons (Fsp3) is 0.267. The lowest BCUT2D eigenvalue weighted by atomic mass is 10.2. The van der Waals surface area contributed by atoms with Crippen LogP contribution in [0.4, 0.5) is 5.82 Å². The lowest BCUT2D eigenvalue weighted by Gasteiger charge is -2.07. The van der Waals surface area contributed by atoms with Crippen molar-refractivity contribution in [1.29, 1.82) is 5.26 Å². The molecule has 2 N–H and O–H groups in total. The molecule has 0 saturated heterocycles. The van der Waals surface area contributed by atoms with Gasteiger partial charge in [0, 0.05) is 30.6 Å². The van der Waals surface area contributed by atoms with E-state index in [-0.39, 0.29) is 5.91 Å². The number of nitriles is 1. The van der Waals surface area contributed by atoms with Gasteiger partial charge in [0.05, 0.1) is 5.56 Å². The van der Waals surface area contributed by atoms with Gasteiger partial charge in [-0.2, -0.15) is 5.26 Å². The summed E-state index contributed by atoms with van der Waals surface area (Å²) >= 11 is 1.67. The summed E-state index contributed by atoms with van der Waals surface area (Å²) in [5.74, 6) is 0.750. The second-order valence-corrected chi connectivity index (χ2v) is 5.43. The van der Waals surface area contributed by atoms with Crippen molar-refractivity contribution in [2.45, 2.75) is 12.8 Å². The lowest BCUT2D eigenvalue weighted by Crippen LogP contribution is -2.28. The summed E-state index contributed by atoms with van der Waals surface area (Å²) in [6.07, 6.45) is 2.81. The van der Waals surface area contributed by atoms with E-state index in [4.69, 9.17) is 5.26 Å². The molecule has 0 saturated carbocycles. The van der Waals surface area contributed by atoms with Gasteiger partial charge < -0.3 is 10.6 Å². The quantitative estimate of drug-likeness (QED) is 0.768. The summed E-state index contributed by atoms with van der Waals surface area (Å²) < 4.78 is 0. The molecule has 0 atom stereocenters. The average molecular weight is 300 g/mol. The molecule has 0 radical (unpaired) electrons. The van der Waals surface area contributed by atoms with Crippen molar-refractivity contribution in [3.63, 3.8) is 0 Å². The largest absolute Gasteiger partial charge is 0.368 e. The van der Waals surface area contributed by atoms with E-state index in [2.05, 4.69) is 15.6 Å². The standard InChI is InChI=1S/C15H16N4OS/c16-10-12-3-5-14(19-11-12)17-7-8-18-15(20)6-4-13-2-1-9-21-13/h1-3,5,9,11H,4,6-8H2,(H,17,19)(H,18,20). The molecule has 0 spiro atoms. The number of aromatic nitrogens is 1. The molecule has 0 aromatic carbocycles. The van der Waals surface area contributed by atoms with Crippen molar-refractivity contribution < 1.29 is 4.79 Å². The van der Waals surface area contributed by atoms with E-state index in [9.17, 15) is 4.79 Å². The smallest absolute Gasteiger partial charge is 0.220 e. The van der Waals surface area contributed by atoms with Crippen molar-refractivity contribution in [3.8, 4) is 6.07 Å². The second kappa shape index (κ2) is 8.02. The summed E-state index contributed by atoms with van der Waals surface area (Å²) in [5.41, 5.74) is 0.530. The van der Waals surface area contributed by atoms with Gasteiger partial charge in [0.2, 0.25) is 5.91 Å². The van der Waals surface area contributed by atoms with Gasteiger partial charge >= 0.3 is 0 Å². The zero-order valence-corrected chi connectivity index (χ0v) is 12.3. The number of carbonyl (C=O) groups excluding carboxylic acids is 1. The van der Waals surface area contributed by atoms with E-state index in [1.807, 2.05) is 23.6 Å². The van der Waals surface area contributed by atoms with Crippen LogP contribution in [0.3, 0.4) is 0 Å². The predicted octanol–water partition coefficient (Wildman–Crippen LogP) is 2.18. The van der Waals surface area contributed by atoms with E-state index in [0.717, 1.165) is 6.42 Å². The normalized spacial score (nSPS) is 9.86. The van der Waals surface area contributed by atoms with E-state index in [1.165, 1.54) is 11.1 Å². The Morgan fingerprint density at radius 1 is 1.33 bits per heavy atom. The molecular weight excluding hydrogens is 284 g/mol. The third kappa shape index (κ3) is 5.24. The first-order valence-corrected chi connectivity index (χ1v) is 7.55. The highest BCUT2D eigenvalue weighted by atomic mass is 32.1. The SMILES string of the molecule is N#Cc1ccc(NCCNC(=O)CCc2cccs2)nc1. The molecule has 2 aromatic rings. The third-order valence-corrected chi connectivity index (χ3v) is 3.76. The highest BCUT2D eigenvalue weighted by Gasteiger charge is 2.02. The van der Waals surface area contributed by atoms with Crippen LogP contribution in [0, 0.1) is 11.3 Å². The minimum Gasteiger partial charge on any atom is -0.368 e. The number of thiophene rings is 1. The Morgan fingerprint density at radius 2 is 2.24 bits per heavy atom. The van der Waals surface area contributed by atoms with E-state index in [0.29, 0.717) is 30.9 Å². The Morgan fingerprint density at radius 3 is 2.90 bits per heavy atom. The maximum atomic E-state index is 11.6. The molecule has 21 heavy (non-hydrogen) atoms. The molecule has 0 unspecified atom stereocenters. The number of pyridine rings is 1. The van der Waals surface area contributed by atoms with Gasteiger partial charge in [-0.05, 0) is 30.0 Å². The molecule has 0 aliphatic rings. The number of hydrogen-bond donors (Lipinski definition) is 2. The van der Waals surface area contributed by atoms with Crippen LogP contribution in [0.2, 0.25) is 0 Å². The fourth-order valence-corrected chi connectivity index (χ4v) is 2.45. The van der Waals surface area contributed by atoms with Crippen LogP contribution in [0.15, 0.2) is 35.8 Å². The number of aryl methyl sites for hydroxylation is 1. The summed E-state index contributed by atoms with van der Waals surface area (Å²) in [4.78, 5) is 17.0. The summed E-state index contributed by atoms with van der Waals surface area (Å²) in [6, 6.07) is 9.50. The Labute approximate surface area is 127 Å². The molecule has 108 valence electrons. The first-order valence-electron chi connectivity index (χ1n) is 6.67. The minimum atomic E-state index is 0.0537. The van der Waals surface area contributed by atoms with Gasteiger partial charge in [-0.25, -0.2) is 4.98 Å². The monoisotopic (exact) mass is 300 g/mol. The van der Waals surface area contributed by atoms with Crippen LogP contribution in [-0.2, 0) is 11.2 Å². The molecular formula is C15H16N4OS. The van der Waals surface area contributed by atoms with Crippen LogP contribution in [0.1, 0.15) is 16.9 Å². The molecule has 0 fully saturated rings. The van der Waals surface area contributed by atoms with Crippen LogP contribution >= 0.6 is 11.3 Å². The molecule has 0 aliphatic heterocycles. The average Bonchev–Trinajstić information content (AvgIpc) is 3.03. The van der Waals surface area contributed by atoms with Gasteiger partial charge in [-0.15, -0.1) is 11.3 Å². The van der Waals surface area contributed by atoms with Crippen molar-refractivity contribution in [1.82, 2.24) is 10.3 Å². The molecule has 5 nitrogen and oxygen atoms in total. The second-order valence-electron chi connectivity index (χ2n) is 4.40. The molecule has 0 bridgehead atoms. The maximum absolute atomic E-state index is 11.6. The Hall–Kier alpha value is -2.39. The van der Waals surface area contributed by atoms with Crippen LogP contribution in [-0.4, -0.2) is 24.0 Å². The van der Waals surface area contributed by atoms with Gasteiger partial charge in [-0.3, -0.25) is 4.79 Å². The van der Waals surface area contributed by atoms with Crippen LogP contribution in [0.5, 0.6) is 0 Å². The third-order valence-electron chi connectivity index (χ3n) is 2.82. The van der Waals surface area contributed by atoms with E-state index < -0.39 is 0 Å². The topological polar surface area (TPSA) is 77.8 Å². The number of nitrogens with zero attached hydrogens (tertiary/aromatic N) is 2. The highest BCUT2D eigenvalue weighted by Crippen LogP contribution is 2.10. The molecule has 0 aliphatic carbocycles. The van der Waals surface area contributed by atoms with Gasteiger partial charge in [0.1, 0.15) is 11.9 Å². The number of anilines is 1. The highest BCUT2D eigenvalue weighted by molar-refractivity contribution is 7.09. The Balaban J connectivity index is 1.60. The molecule has 2 aromatic heterocycles. The summed E-state index contributed by atoms with van der Waals surface area (Å²) in [6.45, 7) is 1.15. The van der Waals surface area contributed by atoms with Crippen molar-refractivity contribution in [2.24, 2.45) is 0 Å². The maximum Gasteiger partial charge on any atom is 0.220 e. The predicted molar refractivity (Wildman–Crippen MR) is 83.1 cm³/mol. The first kappa shape index (κ1) is 15.0. The number of carbonyl (C=O) groups is 1. The Bertz CT molecular complexity index is 602. The van der Waals surface area contributed by atoms with E-state index >= 15 is 0 Å². The van der Waals surface area contributed by atoms with Crippen LogP contribution < -0.4 is 10.6 Å². The zero-order valence-electron chi connectivity index (χ0n) is 11.5. The van der Waals surface area contributed by atoms with E-state index in [1.54, 1.807) is 23.5 Å². The van der Waals surface area contributed by atoms with Gasteiger partial charge in [-0.1, -0.05) is 6.07 Å². The van der Waals surface area contributed by atoms with Gasteiger partial charge in [0.15, 0.2) is 0 Å². The lowest BCUT2D eigenvalue weighted by molar-refractivity contribution is -0.120. The van der Waals surface area contributed by atoms with Crippen molar-refractivity contribution >= 4 is 23.1 Å². The number of nitrogens with one attached hydrogen (secondary N) is 2. The van der Waals surface area contributed by atoms with Gasteiger partial charge in [0.25, 0.3) is 0 Å². The number of rotatable bonds is 7. The van der Waals surface area contributed by atoms with Crippen molar-refractivity contribution in [2.75, 3.05) is 18.4 Å². The molecule has 2 heterocycles. The zero-order chi connectivity index (χ0) is 14.9. The van der Waals surface area contributed by atoms with Crippen LogP contribution in [0.25, 0.3) is 0 Å². The molecule has 6 heteroatoms. The Kier molecular flexibility index (Phi) is 5.73. The summed E-state index contributed by atoms with van der Waals surface area (Å²) in [7, 11) is 0. The fourth-order valence-electron chi connectivity index (χ4n) is 1.74. The van der Waals surface area contributed by atoms with Crippen molar-refractivity contribution in [3.05, 3.63) is 46.3 Å². The molecule has 2 rings (SSSR count). The number of amides is 1. The first-order chi connectivity index (χ1) is 10.3.